The normalized spacial score (nSPS) is 13.6. The van der Waals surface area contributed by atoms with Gasteiger partial charge in [-0.25, -0.2) is 13.8 Å². The second kappa shape index (κ2) is 6.42. The van der Waals surface area contributed by atoms with Crippen molar-refractivity contribution in [2.75, 3.05) is 5.32 Å². The molecule has 2 aromatic heterocycles. The Kier molecular flexibility index (Phi) is 4.30. The fraction of sp³-hybridized carbons (Fsp3) is 0.250. The van der Waals surface area contributed by atoms with Crippen molar-refractivity contribution in [2.45, 2.75) is 19.9 Å². The van der Waals surface area contributed by atoms with Crippen molar-refractivity contribution in [1.82, 2.24) is 20.2 Å². The van der Waals surface area contributed by atoms with Crippen molar-refractivity contribution >= 4 is 22.7 Å². The number of carboxylic acids is 1. The van der Waals surface area contributed by atoms with Crippen LogP contribution in [0.25, 0.3) is 22.3 Å². The third-order valence-electron chi connectivity index (χ3n) is 4.02. The summed E-state index contributed by atoms with van der Waals surface area (Å²) in [5.41, 5.74) is 0.537. The molecule has 130 valence electrons. The number of carbonyl (C=O) groups is 1. The number of rotatable bonds is 5. The largest absolute Gasteiger partial charge is 0.481 e. The third kappa shape index (κ3) is 3.25. The number of carboxylic acid groups (broad SMARTS) is 1. The lowest BCUT2D eigenvalue weighted by Crippen LogP contribution is -2.30. The summed E-state index contributed by atoms with van der Waals surface area (Å²) in [6.45, 7) is 3.28. The van der Waals surface area contributed by atoms with Crippen LogP contribution in [0.1, 0.15) is 13.8 Å². The lowest BCUT2D eigenvalue weighted by molar-refractivity contribution is -0.141. The Morgan fingerprint density at radius 2 is 2.08 bits per heavy atom. The van der Waals surface area contributed by atoms with E-state index in [2.05, 4.69) is 25.5 Å². The Bertz CT molecular complexity index is 943. The van der Waals surface area contributed by atoms with Gasteiger partial charge in [0, 0.05) is 29.3 Å². The van der Waals surface area contributed by atoms with Gasteiger partial charge in [0.2, 0.25) is 0 Å². The minimum Gasteiger partial charge on any atom is -0.481 e. The lowest BCUT2D eigenvalue weighted by atomic mass is 10.0. The van der Waals surface area contributed by atoms with Gasteiger partial charge in [-0.05, 0) is 19.9 Å². The molecule has 7 nitrogen and oxygen atoms in total. The van der Waals surface area contributed by atoms with Gasteiger partial charge >= 0.3 is 5.97 Å². The van der Waals surface area contributed by atoms with Gasteiger partial charge in [0.1, 0.15) is 17.5 Å². The molecule has 0 saturated heterocycles. The molecule has 0 radical (unpaired) electrons. The summed E-state index contributed by atoms with van der Waals surface area (Å²) >= 11 is 0. The van der Waals surface area contributed by atoms with Crippen molar-refractivity contribution in [3.8, 4) is 11.4 Å². The molecule has 0 amide bonds. The zero-order valence-corrected chi connectivity index (χ0v) is 13.4. The molecule has 3 N–H and O–H groups in total. The van der Waals surface area contributed by atoms with E-state index < -0.39 is 29.6 Å². The van der Waals surface area contributed by atoms with Crippen molar-refractivity contribution in [2.24, 2.45) is 5.92 Å². The molecule has 0 fully saturated rings. The first-order chi connectivity index (χ1) is 11.9. The Labute approximate surface area is 141 Å². The minimum atomic E-state index is -0.940. The zero-order chi connectivity index (χ0) is 18.1. The van der Waals surface area contributed by atoms with Gasteiger partial charge in [-0.1, -0.05) is 0 Å². The van der Waals surface area contributed by atoms with E-state index in [9.17, 15) is 13.6 Å². The summed E-state index contributed by atoms with van der Waals surface area (Å²) < 4.78 is 27.3. The summed E-state index contributed by atoms with van der Waals surface area (Å²) in [5.74, 6) is -2.53. The van der Waals surface area contributed by atoms with Crippen molar-refractivity contribution < 1.29 is 18.7 Å². The van der Waals surface area contributed by atoms with Gasteiger partial charge in [0.05, 0.1) is 17.6 Å². The second-order valence-electron chi connectivity index (χ2n) is 5.74. The first-order valence-electron chi connectivity index (χ1n) is 7.52. The number of hydrogen-bond acceptors (Lipinski definition) is 5. The molecular formula is C16H15F2N5O2. The third-order valence-corrected chi connectivity index (χ3v) is 4.02. The topological polar surface area (TPSA) is 104 Å². The van der Waals surface area contributed by atoms with Gasteiger partial charge in [0.25, 0.3) is 0 Å². The average molecular weight is 347 g/mol. The highest BCUT2D eigenvalue weighted by Gasteiger charge is 2.20. The molecule has 3 rings (SSSR count). The van der Waals surface area contributed by atoms with Crippen molar-refractivity contribution in [3.63, 3.8) is 0 Å². The molecule has 0 aliphatic heterocycles. The standard InChI is InChI=1S/C16H15F2N5O2/c1-7(16(24)25)8(2)21-13-6-20-23-15(22-13)11-5-19-14-10(11)3-9(17)4-12(14)18/h3-8,19H,1-2H3,(H,24,25)(H,21,22,23)/t7-,8-/m0/s1. The quantitative estimate of drug-likeness (QED) is 0.656. The molecule has 0 unspecified atom stereocenters. The molecule has 0 bridgehead atoms. The number of aliphatic carboxylic acids is 1. The SMILES string of the molecule is C[C@H](Nc1cnnc(-c2c[nH]c3c(F)cc(F)cc23)n1)[C@H](C)C(=O)O. The molecule has 25 heavy (non-hydrogen) atoms. The number of hydrogen-bond donors (Lipinski definition) is 3. The van der Waals surface area contributed by atoms with Crippen molar-refractivity contribution in [3.05, 3.63) is 36.2 Å². The van der Waals surface area contributed by atoms with E-state index in [1.165, 1.54) is 18.5 Å². The smallest absolute Gasteiger partial charge is 0.308 e. The summed E-state index contributed by atoms with van der Waals surface area (Å²) in [4.78, 5) is 18.0. The van der Waals surface area contributed by atoms with E-state index in [-0.39, 0.29) is 11.3 Å². The number of anilines is 1. The Morgan fingerprint density at radius 1 is 1.32 bits per heavy atom. The van der Waals surface area contributed by atoms with Crippen LogP contribution in [-0.4, -0.2) is 37.3 Å². The summed E-state index contributed by atoms with van der Waals surface area (Å²) in [5, 5.41) is 20.0. The number of halogens is 2. The fourth-order valence-electron chi connectivity index (χ4n) is 2.40. The lowest BCUT2D eigenvalue weighted by Gasteiger charge is -2.18. The number of aromatic amines is 1. The first kappa shape index (κ1) is 16.7. The first-order valence-corrected chi connectivity index (χ1v) is 7.52. The van der Waals surface area contributed by atoms with Crippen LogP contribution in [0.4, 0.5) is 14.6 Å². The van der Waals surface area contributed by atoms with Crippen LogP contribution in [0.5, 0.6) is 0 Å². The maximum atomic E-state index is 13.8. The number of benzene rings is 1. The van der Waals surface area contributed by atoms with Crippen LogP contribution >= 0.6 is 0 Å². The molecule has 0 saturated carbocycles. The molecule has 2 heterocycles. The van der Waals surface area contributed by atoms with Gasteiger partial charge in [-0.15, -0.1) is 5.10 Å². The van der Waals surface area contributed by atoms with Gasteiger partial charge in [0.15, 0.2) is 5.82 Å². The monoisotopic (exact) mass is 347 g/mol. The maximum Gasteiger partial charge on any atom is 0.308 e. The van der Waals surface area contributed by atoms with E-state index in [1.54, 1.807) is 13.8 Å². The second-order valence-corrected chi connectivity index (χ2v) is 5.74. The number of aromatic nitrogens is 4. The van der Waals surface area contributed by atoms with Crippen LogP contribution < -0.4 is 5.32 Å². The predicted molar refractivity (Wildman–Crippen MR) is 86.9 cm³/mol. The number of H-pyrrole nitrogens is 1. The van der Waals surface area contributed by atoms with E-state index in [4.69, 9.17) is 5.11 Å². The summed E-state index contributed by atoms with van der Waals surface area (Å²) in [6, 6.07) is 1.57. The van der Waals surface area contributed by atoms with Gasteiger partial charge in [-0.3, -0.25) is 4.79 Å². The van der Waals surface area contributed by atoms with Crippen LogP contribution in [-0.2, 0) is 4.79 Å². The van der Waals surface area contributed by atoms with E-state index in [1.807, 2.05) is 0 Å². The predicted octanol–water partition coefficient (Wildman–Crippen LogP) is 2.82. The molecule has 3 aromatic rings. The number of nitrogens with one attached hydrogen (secondary N) is 2. The molecule has 1 aromatic carbocycles. The van der Waals surface area contributed by atoms with Gasteiger partial charge < -0.3 is 15.4 Å². The van der Waals surface area contributed by atoms with E-state index in [0.29, 0.717) is 16.8 Å². The molecule has 9 heteroatoms. The highest BCUT2D eigenvalue weighted by atomic mass is 19.1. The van der Waals surface area contributed by atoms with Gasteiger partial charge in [-0.2, -0.15) is 5.10 Å². The summed E-state index contributed by atoms with van der Waals surface area (Å²) in [7, 11) is 0. The Hall–Kier alpha value is -3.10. The van der Waals surface area contributed by atoms with Crippen molar-refractivity contribution in [1.29, 1.82) is 0 Å². The zero-order valence-electron chi connectivity index (χ0n) is 13.4. The highest BCUT2D eigenvalue weighted by Crippen LogP contribution is 2.28. The number of fused-ring (bicyclic) bond motifs is 1. The molecular weight excluding hydrogens is 332 g/mol. The Morgan fingerprint density at radius 3 is 2.80 bits per heavy atom. The molecule has 0 aliphatic carbocycles. The highest BCUT2D eigenvalue weighted by molar-refractivity contribution is 5.94. The Balaban J connectivity index is 1.96. The molecule has 0 spiro atoms. The van der Waals surface area contributed by atoms with Crippen LogP contribution in [0.3, 0.4) is 0 Å². The van der Waals surface area contributed by atoms with Crippen LogP contribution in [0, 0.1) is 17.6 Å². The van der Waals surface area contributed by atoms with E-state index in [0.717, 1.165) is 6.07 Å². The minimum absolute atomic E-state index is 0.145. The molecule has 2 atom stereocenters. The number of nitrogens with zero attached hydrogens (tertiary/aromatic N) is 3. The average Bonchev–Trinajstić information content (AvgIpc) is 2.98. The molecule has 0 aliphatic rings. The maximum absolute atomic E-state index is 13.8. The van der Waals surface area contributed by atoms with E-state index >= 15 is 0 Å². The fourth-order valence-corrected chi connectivity index (χ4v) is 2.40. The summed E-state index contributed by atoms with van der Waals surface area (Å²) in [6.07, 6.45) is 2.82. The van der Waals surface area contributed by atoms with Crippen LogP contribution in [0.2, 0.25) is 0 Å². The van der Waals surface area contributed by atoms with Crippen LogP contribution in [0.15, 0.2) is 24.5 Å².